The molecule has 0 aliphatic heterocycles. The highest BCUT2D eigenvalue weighted by Crippen LogP contribution is 2.14. The highest BCUT2D eigenvalue weighted by atomic mass is 79.9. The van der Waals surface area contributed by atoms with E-state index in [0.29, 0.717) is 18.8 Å². The minimum Gasteiger partial charge on any atom is -0.480 e. The van der Waals surface area contributed by atoms with Crippen LogP contribution in [0.5, 0.6) is 0 Å². The second-order valence-corrected chi connectivity index (χ2v) is 6.23. The van der Waals surface area contributed by atoms with E-state index in [2.05, 4.69) is 21.2 Å². The Morgan fingerprint density at radius 1 is 1.12 bits per heavy atom. The Bertz CT molecular complexity index is 266. The number of nitrogens with one attached hydrogen (secondary N) is 1. The molecule has 0 aromatic carbocycles. The van der Waals surface area contributed by atoms with Crippen LogP contribution >= 0.6 is 15.9 Å². The fourth-order valence-electron chi connectivity index (χ4n) is 1.48. The summed E-state index contributed by atoms with van der Waals surface area (Å²) < 4.78 is 0. The maximum absolute atomic E-state index is 11.8. The van der Waals surface area contributed by atoms with Crippen molar-refractivity contribution in [3.63, 3.8) is 0 Å². The molecule has 0 aliphatic carbocycles. The van der Waals surface area contributed by atoms with Crippen LogP contribution in [0.25, 0.3) is 0 Å². The summed E-state index contributed by atoms with van der Waals surface area (Å²) in [6.45, 7) is 7.90. The first kappa shape index (κ1) is 16.4. The molecule has 4 nitrogen and oxygen atoms in total. The van der Waals surface area contributed by atoms with E-state index >= 15 is 0 Å². The van der Waals surface area contributed by atoms with Gasteiger partial charge in [0.1, 0.15) is 6.04 Å². The van der Waals surface area contributed by atoms with Gasteiger partial charge in [-0.15, -0.1) is 0 Å². The molecule has 5 heteroatoms. The molecule has 0 spiro atoms. The number of carboxylic acids is 1. The van der Waals surface area contributed by atoms with Gasteiger partial charge in [0.05, 0.1) is 4.83 Å². The molecule has 1 amide bonds. The van der Waals surface area contributed by atoms with E-state index in [-0.39, 0.29) is 16.7 Å². The van der Waals surface area contributed by atoms with Crippen LogP contribution in [-0.4, -0.2) is 27.9 Å². The number of hydrogen-bond acceptors (Lipinski definition) is 2. The van der Waals surface area contributed by atoms with E-state index in [9.17, 15) is 9.59 Å². The molecule has 0 rings (SSSR count). The van der Waals surface area contributed by atoms with Gasteiger partial charge in [0, 0.05) is 0 Å². The maximum atomic E-state index is 11.8. The normalized spacial score (nSPS) is 14.8. The third-order valence-corrected chi connectivity index (χ3v) is 3.07. The molecule has 0 aliphatic rings. The molecule has 2 N–H and O–H groups in total. The summed E-state index contributed by atoms with van der Waals surface area (Å²) in [5.41, 5.74) is 0. The molecule has 0 bridgehead atoms. The first-order valence-corrected chi connectivity index (χ1v) is 6.82. The van der Waals surface area contributed by atoms with Crippen molar-refractivity contribution >= 4 is 27.8 Å². The standard InChI is InChI=1S/C12H22BrNO3/c1-7(2)5-9(13)11(15)14-10(12(16)17)6-8(3)4/h7-10H,5-6H2,1-4H3,(H,14,15)(H,16,17)/t9-,10-/m1/s1. The van der Waals surface area contributed by atoms with Crippen molar-refractivity contribution in [3.8, 4) is 0 Å². The molecule has 0 aromatic heterocycles. The molecule has 17 heavy (non-hydrogen) atoms. The summed E-state index contributed by atoms with van der Waals surface area (Å²) in [7, 11) is 0. The van der Waals surface area contributed by atoms with Crippen LogP contribution in [0.2, 0.25) is 0 Å². The van der Waals surface area contributed by atoms with Crippen LogP contribution in [0.15, 0.2) is 0 Å². The van der Waals surface area contributed by atoms with Gasteiger partial charge in [0.25, 0.3) is 0 Å². The van der Waals surface area contributed by atoms with Crippen molar-refractivity contribution < 1.29 is 14.7 Å². The molecular weight excluding hydrogens is 286 g/mol. The van der Waals surface area contributed by atoms with Gasteiger partial charge in [-0.05, 0) is 24.7 Å². The minimum atomic E-state index is -0.976. The van der Waals surface area contributed by atoms with E-state index in [1.54, 1.807) is 0 Å². The molecule has 100 valence electrons. The molecule has 0 aromatic rings. The highest BCUT2D eigenvalue weighted by molar-refractivity contribution is 9.10. The number of halogens is 1. The number of amides is 1. The molecule has 2 atom stereocenters. The number of aliphatic carboxylic acids is 1. The average Bonchev–Trinajstić information content (AvgIpc) is 2.14. The van der Waals surface area contributed by atoms with E-state index in [1.165, 1.54) is 0 Å². The smallest absolute Gasteiger partial charge is 0.326 e. The fourth-order valence-corrected chi connectivity index (χ4v) is 2.36. The van der Waals surface area contributed by atoms with Crippen LogP contribution in [0, 0.1) is 11.8 Å². The lowest BCUT2D eigenvalue weighted by atomic mass is 10.0. The minimum absolute atomic E-state index is 0.232. The number of hydrogen-bond donors (Lipinski definition) is 2. The number of carbonyl (C=O) groups is 2. The number of alkyl halides is 1. The van der Waals surface area contributed by atoms with Gasteiger partial charge < -0.3 is 10.4 Å². The largest absolute Gasteiger partial charge is 0.480 e. The van der Waals surface area contributed by atoms with Crippen molar-refractivity contribution in [2.24, 2.45) is 11.8 Å². The summed E-state index contributed by atoms with van der Waals surface area (Å²) in [5.74, 6) is -0.600. The third-order valence-electron chi connectivity index (χ3n) is 2.28. The van der Waals surface area contributed by atoms with Crippen molar-refractivity contribution in [2.75, 3.05) is 0 Å². The van der Waals surface area contributed by atoms with Crippen LogP contribution in [0.4, 0.5) is 0 Å². The van der Waals surface area contributed by atoms with Crippen LogP contribution < -0.4 is 5.32 Å². The van der Waals surface area contributed by atoms with Crippen LogP contribution in [-0.2, 0) is 9.59 Å². The summed E-state index contributed by atoms with van der Waals surface area (Å²) in [4.78, 5) is 22.4. The van der Waals surface area contributed by atoms with E-state index in [4.69, 9.17) is 5.11 Å². The summed E-state index contributed by atoms with van der Waals surface area (Å²) in [6.07, 6.45) is 1.14. The maximum Gasteiger partial charge on any atom is 0.326 e. The Morgan fingerprint density at radius 3 is 1.94 bits per heavy atom. The fraction of sp³-hybridized carbons (Fsp3) is 0.833. The third kappa shape index (κ3) is 7.36. The zero-order chi connectivity index (χ0) is 13.6. The molecule has 0 saturated carbocycles. The summed E-state index contributed by atoms with van der Waals surface area (Å²) in [6, 6.07) is -0.797. The zero-order valence-electron chi connectivity index (χ0n) is 10.9. The quantitative estimate of drug-likeness (QED) is 0.710. The SMILES string of the molecule is CC(C)C[C@@H](Br)C(=O)N[C@H](CC(C)C)C(=O)O. The van der Waals surface area contributed by atoms with Gasteiger partial charge in [-0.3, -0.25) is 4.79 Å². The molecule has 0 fully saturated rings. The van der Waals surface area contributed by atoms with Gasteiger partial charge in [0.2, 0.25) is 5.91 Å². The van der Waals surface area contributed by atoms with Gasteiger partial charge in [-0.25, -0.2) is 4.79 Å². The first-order valence-electron chi connectivity index (χ1n) is 5.91. The highest BCUT2D eigenvalue weighted by Gasteiger charge is 2.24. The van der Waals surface area contributed by atoms with Crippen molar-refractivity contribution in [3.05, 3.63) is 0 Å². The topological polar surface area (TPSA) is 66.4 Å². The lowest BCUT2D eigenvalue weighted by Crippen LogP contribution is -2.44. The molecule has 0 saturated heterocycles. The van der Waals surface area contributed by atoms with Gasteiger partial charge in [-0.2, -0.15) is 0 Å². The van der Waals surface area contributed by atoms with Crippen molar-refractivity contribution in [1.29, 1.82) is 0 Å². The summed E-state index contributed by atoms with van der Waals surface area (Å²) in [5, 5.41) is 11.6. The first-order chi connectivity index (χ1) is 7.73. The van der Waals surface area contributed by atoms with E-state index < -0.39 is 12.0 Å². The Labute approximate surface area is 111 Å². The second-order valence-electron chi connectivity index (χ2n) is 5.13. The second kappa shape index (κ2) is 7.69. The lowest BCUT2D eigenvalue weighted by molar-refractivity contribution is -0.142. The number of rotatable bonds is 7. The summed E-state index contributed by atoms with van der Waals surface area (Å²) >= 11 is 3.28. The van der Waals surface area contributed by atoms with Crippen LogP contribution in [0.1, 0.15) is 40.5 Å². The van der Waals surface area contributed by atoms with Gasteiger partial charge in [-0.1, -0.05) is 43.6 Å². The van der Waals surface area contributed by atoms with Crippen molar-refractivity contribution in [1.82, 2.24) is 5.32 Å². The zero-order valence-corrected chi connectivity index (χ0v) is 12.5. The monoisotopic (exact) mass is 307 g/mol. The Hall–Kier alpha value is -0.580. The van der Waals surface area contributed by atoms with E-state index in [1.807, 2.05) is 27.7 Å². The average molecular weight is 308 g/mol. The van der Waals surface area contributed by atoms with Gasteiger partial charge in [0.15, 0.2) is 0 Å². The van der Waals surface area contributed by atoms with Gasteiger partial charge >= 0.3 is 5.97 Å². The number of carbonyl (C=O) groups excluding carboxylic acids is 1. The van der Waals surface area contributed by atoms with Crippen LogP contribution in [0.3, 0.4) is 0 Å². The number of carboxylic acid groups (broad SMARTS) is 1. The Morgan fingerprint density at radius 2 is 1.59 bits per heavy atom. The predicted octanol–water partition coefficient (Wildman–Crippen LogP) is 2.41. The predicted molar refractivity (Wildman–Crippen MR) is 71.2 cm³/mol. The molecular formula is C12H22BrNO3. The molecule has 0 radical (unpaired) electrons. The Balaban J connectivity index is 4.35. The van der Waals surface area contributed by atoms with Crippen molar-refractivity contribution in [2.45, 2.75) is 51.4 Å². The van der Waals surface area contributed by atoms with E-state index in [0.717, 1.165) is 0 Å². The molecule has 0 unspecified atom stereocenters. The molecule has 0 heterocycles. The lowest BCUT2D eigenvalue weighted by Gasteiger charge is -2.19. The Kier molecular flexibility index (Phi) is 7.43.